The maximum absolute atomic E-state index is 9.65. The molecule has 5 heteroatoms. The molecule has 0 bridgehead atoms. The Morgan fingerprint density at radius 2 is 2.38 bits per heavy atom. The van der Waals surface area contributed by atoms with Gasteiger partial charge in [0.2, 0.25) is 0 Å². The van der Waals surface area contributed by atoms with Crippen LogP contribution in [0.4, 0.5) is 0 Å². The minimum Gasteiger partial charge on any atom is -0.516 e. The average molecular weight is 138 g/mol. The van der Waals surface area contributed by atoms with Gasteiger partial charge in [-0.05, 0) is 6.08 Å². The van der Waals surface area contributed by atoms with Gasteiger partial charge in [0.25, 0.3) is 0 Å². The molecule has 0 aliphatic rings. The summed E-state index contributed by atoms with van der Waals surface area (Å²) in [6, 6.07) is 0. The Bertz CT molecular complexity index is 99.5. The molecule has 2 N–H and O–H groups in total. The minimum atomic E-state index is -2.23. The lowest BCUT2D eigenvalue weighted by atomic mass is 10.7. The van der Waals surface area contributed by atoms with Gasteiger partial charge in [0.1, 0.15) is 0 Å². The van der Waals surface area contributed by atoms with E-state index in [1.54, 1.807) is 0 Å². The summed E-state index contributed by atoms with van der Waals surface area (Å²) >= 11 is -2.23. The number of hydrogen-bond donors (Lipinski definition) is 2. The van der Waals surface area contributed by atoms with Crippen molar-refractivity contribution in [2.75, 3.05) is 6.61 Å². The lowest BCUT2D eigenvalue weighted by molar-refractivity contribution is 0.338. The van der Waals surface area contributed by atoms with E-state index in [4.69, 9.17) is 9.66 Å². The molecule has 1 atom stereocenters. The monoisotopic (exact) mass is 138 g/mol. The summed E-state index contributed by atoms with van der Waals surface area (Å²) in [7, 11) is 0. The highest BCUT2D eigenvalue weighted by molar-refractivity contribution is 7.74. The second-order valence-corrected chi connectivity index (χ2v) is 1.56. The van der Waals surface area contributed by atoms with Gasteiger partial charge in [-0.3, -0.25) is 8.74 Å². The molecular formula is C3H6O4S. The third-order valence-electron chi connectivity index (χ3n) is 0.370. The van der Waals surface area contributed by atoms with E-state index in [1.165, 1.54) is 6.08 Å². The predicted octanol–water partition coefficient (Wildman–Crippen LogP) is 0.211. The third-order valence-corrected chi connectivity index (χ3v) is 0.708. The molecule has 0 aromatic carbocycles. The van der Waals surface area contributed by atoms with Crippen LogP contribution in [0, 0.1) is 0 Å². The lowest BCUT2D eigenvalue weighted by Crippen LogP contribution is -1.93. The van der Waals surface area contributed by atoms with Crippen LogP contribution in [0.25, 0.3) is 0 Å². The van der Waals surface area contributed by atoms with Crippen LogP contribution in [0.1, 0.15) is 0 Å². The third kappa shape index (κ3) is 5.61. The highest BCUT2D eigenvalue weighted by Crippen LogP contribution is 1.78. The average Bonchev–Trinajstić information content (AvgIpc) is 1.66. The molecule has 0 heterocycles. The molecule has 0 saturated carbocycles. The zero-order valence-corrected chi connectivity index (χ0v) is 4.80. The van der Waals surface area contributed by atoms with Crippen molar-refractivity contribution in [1.82, 2.24) is 0 Å². The Kier molecular flexibility index (Phi) is 4.53. The highest BCUT2D eigenvalue weighted by Gasteiger charge is 1.85. The van der Waals surface area contributed by atoms with Crippen LogP contribution in [0.5, 0.6) is 0 Å². The maximum atomic E-state index is 9.65. The van der Waals surface area contributed by atoms with Crippen molar-refractivity contribution in [3.05, 3.63) is 12.3 Å². The van der Waals surface area contributed by atoms with Crippen LogP contribution in [0.3, 0.4) is 0 Å². The van der Waals surface area contributed by atoms with E-state index >= 15 is 0 Å². The van der Waals surface area contributed by atoms with Crippen molar-refractivity contribution < 1.29 is 18.1 Å². The van der Waals surface area contributed by atoms with Crippen molar-refractivity contribution in [2.24, 2.45) is 0 Å². The molecule has 48 valence electrons. The van der Waals surface area contributed by atoms with E-state index in [-0.39, 0.29) is 6.61 Å². The molecular weight excluding hydrogens is 132 g/mol. The quantitative estimate of drug-likeness (QED) is 0.432. The molecule has 0 amide bonds. The van der Waals surface area contributed by atoms with Crippen LogP contribution >= 0.6 is 0 Å². The van der Waals surface area contributed by atoms with Gasteiger partial charge in [0, 0.05) is 0 Å². The lowest BCUT2D eigenvalue weighted by Gasteiger charge is -1.87. The molecule has 0 radical (unpaired) electrons. The molecule has 0 aliphatic heterocycles. The summed E-state index contributed by atoms with van der Waals surface area (Å²) in [6.07, 6.45) is 1.95. The summed E-state index contributed by atoms with van der Waals surface area (Å²) in [5, 5.41) is 7.94. The van der Waals surface area contributed by atoms with E-state index in [9.17, 15) is 4.21 Å². The molecule has 4 nitrogen and oxygen atoms in total. The van der Waals surface area contributed by atoms with Gasteiger partial charge >= 0.3 is 11.4 Å². The normalized spacial score (nSPS) is 14.6. The fraction of sp³-hybridized carbons (Fsp3) is 0.333. The molecule has 8 heavy (non-hydrogen) atoms. The van der Waals surface area contributed by atoms with Crippen LogP contribution in [0.15, 0.2) is 12.3 Å². The SMILES string of the molecule is O=S(O)OCC=CO. The van der Waals surface area contributed by atoms with Gasteiger partial charge in [-0.2, -0.15) is 4.21 Å². The van der Waals surface area contributed by atoms with Crippen molar-refractivity contribution >= 4 is 11.4 Å². The summed E-state index contributed by atoms with van der Waals surface area (Å²) in [5.74, 6) is 0. The minimum absolute atomic E-state index is 0.0559. The fourth-order valence-corrected chi connectivity index (χ4v) is 0.336. The Morgan fingerprint density at radius 3 is 2.75 bits per heavy atom. The van der Waals surface area contributed by atoms with E-state index in [1.807, 2.05) is 0 Å². The number of hydrogen-bond acceptors (Lipinski definition) is 3. The van der Waals surface area contributed by atoms with Gasteiger partial charge in [-0.15, -0.1) is 0 Å². The molecule has 0 aliphatic carbocycles. The Balaban J connectivity index is 3.05. The van der Waals surface area contributed by atoms with Crippen LogP contribution in [-0.4, -0.2) is 20.5 Å². The van der Waals surface area contributed by atoms with Gasteiger partial charge in [-0.25, -0.2) is 0 Å². The molecule has 0 spiro atoms. The highest BCUT2D eigenvalue weighted by atomic mass is 32.2. The van der Waals surface area contributed by atoms with E-state index in [0.717, 1.165) is 6.26 Å². The first-order chi connectivity index (χ1) is 3.77. The van der Waals surface area contributed by atoms with E-state index in [2.05, 4.69) is 4.18 Å². The molecule has 0 fully saturated rings. The number of rotatable bonds is 3. The molecule has 0 rings (SSSR count). The molecule has 1 unspecified atom stereocenters. The zero-order chi connectivity index (χ0) is 6.41. The van der Waals surface area contributed by atoms with Crippen molar-refractivity contribution in [3.63, 3.8) is 0 Å². The second-order valence-electron chi connectivity index (χ2n) is 0.886. The van der Waals surface area contributed by atoms with E-state index < -0.39 is 11.4 Å². The van der Waals surface area contributed by atoms with Gasteiger partial charge in [-0.1, -0.05) is 0 Å². The van der Waals surface area contributed by atoms with Gasteiger partial charge in [0.15, 0.2) is 0 Å². The molecule has 0 saturated heterocycles. The number of aliphatic hydroxyl groups excluding tert-OH is 1. The van der Waals surface area contributed by atoms with Crippen LogP contribution < -0.4 is 0 Å². The smallest absolute Gasteiger partial charge is 0.302 e. The summed E-state index contributed by atoms with van der Waals surface area (Å²) in [5.41, 5.74) is 0. The maximum Gasteiger partial charge on any atom is 0.302 e. The van der Waals surface area contributed by atoms with Crippen molar-refractivity contribution in [3.8, 4) is 0 Å². The second kappa shape index (κ2) is 4.76. The van der Waals surface area contributed by atoms with E-state index in [0.29, 0.717) is 0 Å². The molecule has 0 aromatic heterocycles. The Hall–Kier alpha value is -0.390. The first-order valence-corrected chi connectivity index (χ1v) is 2.84. The predicted molar refractivity (Wildman–Crippen MR) is 28.5 cm³/mol. The summed E-state index contributed by atoms with van der Waals surface area (Å²) < 4.78 is 21.6. The molecule has 0 aromatic rings. The van der Waals surface area contributed by atoms with Gasteiger partial charge in [0.05, 0.1) is 12.9 Å². The standard InChI is InChI=1S/C3H6O4S/c4-2-1-3-7-8(5)6/h1-2,4H,3H2,(H,5,6). The summed E-state index contributed by atoms with van der Waals surface area (Å²) in [6.45, 7) is -0.0559. The van der Waals surface area contributed by atoms with Crippen molar-refractivity contribution in [2.45, 2.75) is 0 Å². The topological polar surface area (TPSA) is 66.8 Å². The first-order valence-electron chi connectivity index (χ1n) is 1.80. The summed E-state index contributed by atoms with van der Waals surface area (Å²) in [4.78, 5) is 0. The fourth-order valence-electron chi connectivity index (χ4n) is 0.141. The number of aliphatic hydroxyl groups is 1. The van der Waals surface area contributed by atoms with Crippen LogP contribution in [-0.2, 0) is 15.5 Å². The largest absolute Gasteiger partial charge is 0.516 e. The zero-order valence-electron chi connectivity index (χ0n) is 3.98. The van der Waals surface area contributed by atoms with Crippen LogP contribution in [0.2, 0.25) is 0 Å². The first kappa shape index (κ1) is 7.61. The van der Waals surface area contributed by atoms with Gasteiger partial charge < -0.3 is 5.11 Å². The van der Waals surface area contributed by atoms with Crippen molar-refractivity contribution in [1.29, 1.82) is 0 Å². The Labute approximate surface area is 49.3 Å². The Morgan fingerprint density at radius 1 is 1.75 bits per heavy atom.